The molecule has 2 N–H and O–H groups in total. The summed E-state index contributed by atoms with van der Waals surface area (Å²) in [6, 6.07) is 5.41. The molecule has 2 bridgehead atoms. The summed E-state index contributed by atoms with van der Waals surface area (Å²) in [4.78, 5) is 25.2. The second-order valence-electron chi connectivity index (χ2n) is 8.05. The lowest BCUT2D eigenvalue weighted by atomic mass is 9.60. The lowest BCUT2D eigenvalue weighted by Gasteiger charge is -2.55. The third-order valence-corrected chi connectivity index (χ3v) is 6.04. The van der Waals surface area contributed by atoms with Crippen molar-refractivity contribution in [2.24, 2.45) is 17.8 Å². The average Bonchev–Trinajstić information content (AvgIpc) is 2.60. The molecule has 0 radical (unpaired) electrons. The van der Waals surface area contributed by atoms with E-state index in [1.54, 1.807) is 25.3 Å². The van der Waals surface area contributed by atoms with Crippen molar-refractivity contribution >= 4 is 11.8 Å². The Morgan fingerprint density at radius 1 is 1.38 bits per heavy atom. The van der Waals surface area contributed by atoms with Crippen molar-refractivity contribution in [3.63, 3.8) is 0 Å². The number of rotatable bonds is 3. The van der Waals surface area contributed by atoms with E-state index in [4.69, 9.17) is 9.47 Å². The lowest BCUT2D eigenvalue weighted by Crippen LogP contribution is -2.67. The summed E-state index contributed by atoms with van der Waals surface area (Å²) in [5.74, 6) is 1.64. The smallest absolute Gasteiger partial charge is 0.258 e. The molecule has 3 saturated carbocycles. The fourth-order valence-electron chi connectivity index (χ4n) is 4.83. The molecule has 6 nitrogen and oxygen atoms in total. The van der Waals surface area contributed by atoms with Crippen molar-refractivity contribution < 1.29 is 19.1 Å². The summed E-state index contributed by atoms with van der Waals surface area (Å²) in [7, 11) is 1.60. The summed E-state index contributed by atoms with van der Waals surface area (Å²) >= 11 is 0. The highest BCUT2D eigenvalue weighted by Gasteiger charge is 2.57. The van der Waals surface area contributed by atoms with E-state index < -0.39 is 5.72 Å². The van der Waals surface area contributed by atoms with Crippen LogP contribution in [0.15, 0.2) is 18.2 Å². The van der Waals surface area contributed by atoms with Gasteiger partial charge in [-0.2, -0.15) is 0 Å². The van der Waals surface area contributed by atoms with Crippen LogP contribution in [0.3, 0.4) is 0 Å². The number of carbonyl (C=O) groups is 2. The molecule has 1 aromatic rings. The first-order valence-electron chi connectivity index (χ1n) is 9.42. The highest BCUT2D eigenvalue weighted by atomic mass is 16.5. The van der Waals surface area contributed by atoms with E-state index >= 15 is 0 Å². The van der Waals surface area contributed by atoms with Gasteiger partial charge < -0.3 is 20.1 Å². The Hall–Kier alpha value is -2.24. The molecule has 1 heterocycles. The Morgan fingerprint density at radius 2 is 2.19 bits per heavy atom. The van der Waals surface area contributed by atoms with Gasteiger partial charge in [-0.3, -0.25) is 9.59 Å². The molecule has 140 valence electrons. The summed E-state index contributed by atoms with van der Waals surface area (Å²) in [6.07, 6.45) is 3.40. The Kier molecular flexibility index (Phi) is 4.09. The van der Waals surface area contributed by atoms with Crippen LogP contribution < -0.4 is 20.1 Å². The topological polar surface area (TPSA) is 76.7 Å². The van der Waals surface area contributed by atoms with Crippen LogP contribution in [0.5, 0.6) is 11.5 Å². The maximum Gasteiger partial charge on any atom is 0.258 e. The number of ether oxygens (including phenoxy) is 2. The van der Waals surface area contributed by atoms with Gasteiger partial charge in [0.05, 0.1) is 12.7 Å². The minimum absolute atomic E-state index is 0.00832. The third kappa shape index (κ3) is 2.72. The van der Waals surface area contributed by atoms with Crippen LogP contribution in [0.1, 0.15) is 49.9 Å². The number of nitrogens with one attached hydrogen (secondary N) is 2. The Bertz CT molecular complexity index is 747. The fourth-order valence-corrected chi connectivity index (χ4v) is 4.83. The first-order valence-corrected chi connectivity index (χ1v) is 9.42. The molecule has 5 rings (SSSR count). The molecule has 1 spiro atoms. The molecule has 1 aromatic carbocycles. The largest absolute Gasteiger partial charge is 0.497 e. The monoisotopic (exact) mass is 358 g/mol. The minimum atomic E-state index is -0.700. The van der Waals surface area contributed by atoms with Gasteiger partial charge in [0.15, 0.2) is 5.72 Å². The number of amides is 2. The molecule has 4 atom stereocenters. The van der Waals surface area contributed by atoms with E-state index in [1.165, 1.54) is 0 Å². The molecule has 2 amide bonds. The Labute approximate surface area is 153 Å². The van der Waals surface area contributed by atoms with Crippen molar-refractivity contribution in [2.45, 2.75) is 51.3 Å². The van der Waals surface area contributed by atoms with Gasteiger partial charge in [0, 0.05) is 30.4 Å². The summed E-state index contributed by atoms with van der Waals surface area (Å²) in [6.45, 7) is 3.96. The van der Waals surface area contributed by atoms with Crippen LogP contribution in [-0.2, 0) is 4.79 Å². The number of benzene rings is 1. The fraction of sp³-hybridized carbons (Fsp3) is 0.600. The van der Waals surface area contributed by atoms with Crippen molar-refractivity contribution in [1.29, 1.82) is 0 Å². The van der Waals surface area contributed by atoms with Gasteiger partial charge in [-0.25, -0.2) is 0 Å². The summed E-state index contributed by atoms with van der Waals surface area (Å²) < 4.78 is 11.6. The van der Waals surface area contributed by atoms with Gasteiger partial charge in [0.25, 0.3) is 5.91 Å². The van der Waals surface area contributed by atoms with E-state index in [1.807, 2.05) is 13.8 Å². The number of methoxy groups -OCH3 is 1. The minimum Gasteiger partial charge on any atom is -0.497 e. The molecular weight excluding hydrogens is 332 g/mol. The number of carbonyl (C=O) groups excluding carboxylic acids is 2. The molecule has 4 aliphatic rings. The summed E-state index contributed by atoms with van der Waals surface area (Å²) in [5, 5.41) is 6.17. The predicted octanol–water partition coefficient (Wildman–Crippen LogP) is 2.47. The first kappa shape index (κ1) is 17.2. The van der Waals surface area contributed by atoms with E-state index in [0.717, 1.165) is 19.3 Å². The zero-order valence-electron chi connectivity index (χ0n) is 15.5. The highest BCUT2D eigenvalue weighted by Crippen LogP contribution is 2.52. The van der Waals surface area contributed by atoms with Crippen LogP contribution in [0.4, 0.5) is 0 Å². The molecule has 3 aliphatic carbocycles. The van der Waals surface area contributed by atoms with Gasteiger partial charge >= 0.3 is 0 Å². The second-order valence-corrected chi connectivity index (χ2v) is 8.05. The van der Waals surface area contributed by atoms with Crippen LogP contribution in [0.2, 0.25) is 0 Å². The van der Waals surface area contributed by atoms with Gasteiger partial charge in [-0.15, -0.1) is 0 Å². The van der Waals surface area contributed by atoms with Crippen molar-refractivity contribution in [3.8, 4) is 11.5 Å². The molecule has 0 unspecified atom stereocenters. The predicted molar refractivity (Wildman–Crippen MR) is 96.0 cm³/mol. The summed E-state index contributed by atoms with van der Waals surface area (Å²) in [5.41, 5.74) is -0.166. The molecule has 0 saturated heterocycles. The van der Waals surface area contributed by atoms with Crippen LogP contribution >= 0.6 is 0 Å². The van der Waals surface area contributed by atoms with Gasteiger partial charge in [0.2, 0.25) is 5.91 Å². The van der Waals surface area contributed by atoms with Crippen molar-refractivity contribution in [1.82, 2.24) is 10.6 Å². The Balaban J connectivity index is 1.59. The van der Waals surface area contributed by atoms with E-state index in [0.29, 0.717) is 23.5 Å². The van der Waals surface area contributed by atoms with E-state index in [2.05, 4.69) is 10.6 Å². The average molecular weight is 358 g/mol. The first-order chi connectivity index (χ1) is 12.4. The molecule has 0 aromatic heterocycles. The Morgan fingerprint density at radius 3 is 2.85 bits per heavy atom. The highest BCUT2D eigenvalue weighted by molar-refractivity contribution is 5.98. The van der Waals surface area contributed by atoms with Crippen molar-refractivity contribution in [3.05, 3.63) is 23.8 Å². The number of hydrogen-bond donors (Lipinski definition) is 2. The van der Waals surface area contributed by atoms with Gasteiger partial charge in [-0.05, 0) is 51.2 Å². The molecule has 1 aliphatic heterocycles. The van der Waals surface area contributed by atoms with Crippen LogP contribution in [0, 0.1) is 17.8 Å². The molecular formula is C20H26N2O4. The van der Waals surface area contributed by atoms with Gasteiger partial charge in [-0.1, -0.05) is 0 Å². The van der Waals surface area contributed by atoms with Gasteiger partial charge in [0.1, 0.15) is 11.5 Å². The van der Waals surface area contributed by atoms with Crippen LogP contribution in [0.25, 0.3) is 0 Å². The molecule has 3 fully saturated rings. The standard InChI is InChI=1S/C20H26N2O4/c1-11(2)21-18(23)16-8-13-5-4-12(16)10-20(13)22-19(24)15-7-6-14(25-3)9-17(15)26-20/h6-7,9,11-13,16H,4-5,8,10H2,1-3H3,(H,21,23)(H,22,24)/t12-,13-,16-,20+/m1/s1. The molecule has 26 heavy (non-hydrogen) atoms. The normalized spacial score (nSPS) is 32.0. The van der Waals surface area contributed by atoms with Crippen LogP contribution in [-0.4, -0.2) is 30.7 Å². The SMILES string of the molecule is COc1ccc2c(c1)O[C@]1(C[C@H]3CC[C@@H]1C[C@H]3C(=O)NC(C)C)NC2=O. The van der Waals surface area contributed by atoms with Crippen molar-refractivity contribution in [2.75, 3.05) is 7.11 Å². The zero-order valence-corrected chi connectivity index (χ0v) is 15.5. The maximum absolute atomic E-state index is 12.7. The van der Waals surface area contributed by atoms with E-state index in [9.17, 15) is 9.59 Å². The van der Waals surface area contributed by atoms with E-state index in [-0.39, 0.29) is 35.6 Å². The zero-order chi connectivity index (χ0) is 18.5. The number of fused-ring (bicyclic) bond motifs is 3. The lowest BCUT2D eigenvalue weighted by molar-refractivity contribution is -0.147. The maximum atomic E-state index is 12.7. The third-order valence-electron chi connectivity index (χ3n) is 6.04. The quantitative estimate of drug-likeness (QED) is 0.870. The molecule has 6 heteroatoms. The number of hydrogen-bond acceptors (Lipinski definition) is 4. The second kappa shape index (κ2) is 6.18.